The van der Waals surface area contributed by atoms with Crippen LogP contribution in [0.15, 0.2) is 12.1 Å². The highest BCUT2D eigenvalue weighted by Gasteiger charge is 2.34. The predicted octanol–water partition coefficient (Wildman–Crippen LogP) is 3.58. The number of hydrogen-bond acceptors (Lipinski definition) is 3. The maximum Gasteiger partial charge on any atom is 0.416 e. The van der Waals surface area contributed by atoms with Crippen LogP contribution in [-0.4, -0.2) is 12.6 Å². The molecule has 0 aliphatic rings. The minimum absolute atomic E-state index is 0.0421. The molecule has 0 bridgehead atoms. The smallest absolute Gasteiger partial charge is 0.416 e. The highest BCUT2D eigenvalue weighted by molar-refractivity contribution is 9.08. The van der Waals surface area contributed by atoms with E-state index in [-0.39, 0.29) is 35.0 Å². The first kappa shape index (κ1) is 16.5. The summed E-state index contributed by atoms with van der Waals surface area (Å²) in [4.78, 5) is 11.5. The van der Waals surface area contributed by atoms with Gasteiger partial charge >= 0.3 is 12.1 Å². The van der Waals surface area contributed by atoms with Gasteiger partial charge in [-0.15, -0.1) is 0 Å². The number of esters is 1. The largest absolute Gasteiger partial charge is 0.466 e. The summed E-state index contributed by atoms with van der Waals surface area (Å²) in [6.45, 7) is 1.73. The second-order valence-corrected chi connectivity index (χ2v) is 4.40. The fourth-order valence-electron chi connectivity index (χ4n) is 1.77. The number of halogens is 4. The zero-order valence-electron chi connectivity index (χ0n) is 10.6. The molecule has 1 aromatic carbocycles. The summed E-state index contributed by atoms with van der Waals surface area (Å²) < 4.78 is 43.5. The Bertz CT molecular complexity index is 550. The number of benzene rings is 1. The number of hydrogen-bond donors (Lipinski definition) is 0. The molecule has 0 aliphatic carbocycles. The fraction of sp³-hybridized carbons (Fsp3) is 0.385. The zero-order chi connectivity index (χ0) is 15.3. The summed E-state index contributed by atoms with van der Waals surface area (Å²) in [7, 11) is 0. The van der Waals surface area contributed by atoms with Crippen LogP contribution in [0.2, 0.25) is 0 Å². The molecule has 0 aromatic heterocycles. The predicted molar refractivity (Wildman–Crippen MR) is 69.1 cm³/mol. The minimum atomic E-state index is -4.54. The highest BCUT2D eigenvalue weighted by Crippen LogP contribution is 2.35. The van der Waals surface area contributed by atoms with Crippen LogP contribution in [0.3, 0.4) is 0 Å². The number of carbonyl (C=O) groups is 1. The molecule has 3 nitrogen and oxygen atoms in total. The fourth-order valence-corrected chi connectivity index (χ4v) is 2.41. The van der Waals surface area contributed by atoms with Crippen LogP contribution in [0.4, 0.5) is 13.2 Å². The van der Waals surface area contributed by atoms with Gasteiger partial charge in [-0.25, -0.2) is 0 Å². The number of alkyl halides is 4. The lowest BCUT2D eigenvalue weighted by Gasteiger charge is -2.16. The van der Waals surface area contributed by atoms with Gasteiger partial charge in [-0.2, -0.15) is 18.4 Å². The number of carbonyl (C=O) groups excluding carboxylic acids is 1. The van der Waals surface area contributed by atoms with Crippen LogP contribution in [-0.2, 0) is 27.5 Å². The molecule has 1 aromatic rings. The topological polar surface area (TPSA) is 50.1 Å². The second-order valence-electron chi connectivity index (χ2n) is 3.84. The van der Waals surface area contributed by atoms with Gasteiger partial charge in [0.05, 0.1) is 30.2 Å². The van der Waals surface area contributed by atoms with Crippen molar-refractivity contribution in [1.82, 2.24) is 0 Å². The first-order chi connectivity index (χ1) is 9.35. The summed E-state index contributed by atoms with van der Waals surface area (Å²) >= 11 is 2.98. The van der Waals surface area contributed by atoms with Crippen molar-refractivity contribution in [3.63, 3.8) is 0 Å². The normalized spacial score (nSPS) is 11.0. The maximum atomic E-state index is 12.9. The molecule has 7 heteroatoms. The summed E-state index contributed by atoms with van der Waals surface area (Å²) in [5, 5.41) is 8.87. The third-order valence-electron chi connectivity index (χ3n) is 2.62. The van der Waals surface area contributed by atoms with Crippen LogP contribution in [0.1, 0.15) is 29.2 Å². The number of nitrogens with zero attached hydrogens (tertiary/aromatic N) is 1. The quantitative estimate of drug-likeness (QED) is 0.616. The molecular formula is C13H11BrF3NO2. The van der Waals surface area contributed by atoms with Gasteiger partial charge in [0.2, 0.25) is 0 Å². The van der Waals surface area contributed by atoms with E-state index in [4.69, 9.17) is 10.00 Å². The van der Waals surface area contributed by atoms with Gasteiger partial charge in [0.15, 0.2) is 0 Å². The van der Waals surface area contributed by atoms with Crippen molar-refractivity contribution in [2.45, 2.75) is 24.9 Å². The lowest BCUT2D eigenvalue weighted by atomic mass is 9.95. The van der Waals surface area contributed by atoms with Gasteiger partial charge in [0, 0.05) is 5.33 Å². The van der Waals surface area contributed by atoms with Crippen molar-refractivity contribution < 1.29 is 22.7 Å². The van der Waals surface area contributed by atoms with Crippen molar-refractivity contribution in [3.05, 3.63) is 34.4 Å². The summed E-state index contributed by atoms with van der Waals surface area (Å²) in [6.07, 6.45) is -4.90. The van der Waals surface area contributed by atoms with E-state index in [9.17, 15) is 18.0 Å². The summed E-state index contributed by atoms with van der Waals surface area (Å²) in [5.41, 5.74) is -0.865. The number of rotatable bonds is 4. The average molecular weight is 350 g/mol. The van der Waals surface area contributed by atoms with Gasteiger partial charge in [-0.3, -0.25) is 4.79 Å². The molecule has 108 valence electrons. The standard InChI is InChI=1S/C13H11BrF3NO2/c1-2-20-12(19)5-9-8(7-18)3-4-11(10(9)6-14)13(15,16)17/h3-4H,2,5-6H2,1H3. The Labute approximate surface area is 122 Å². The Hall–Kier alpha value is -1.55. The Morgan fingerprint density at radius 3 is 2.50 bits per heavy atom. The molecular weight excluding hydrogens is 339 g/mol. The Balaban J connectivity index is 3.38. The molecule has 0 saturated heterocycles. The lowest BCUT2D eigenvalue weighted by molar-refractivity contribution is -0.143. The van der Waals surface area contributed by atoms with Crippen LogP contribution in [0, 0.1) is 11.3 Å². The average Bonchev–Trinajstić information content (AvgIpc) is 2.37. The Morgan fingerprint density at radius 2 is 2.05 bits per heavy atom. The van der Waals surface area contributed by atoms with Crippen LogP contribution in [0.25, 0.3) is 0 Å². The zero-order valence-corrected chi connectivity index (χ0v) is 12.1. The third kappa shape index (κ3) is 3.73. The van der Waals surface area contributed by atoms with Crippen molar-refractivity contribution in [2.75, 3.05) is 6.61 Å². The van der Waals surface area contributed by atoms with Crippen molar-refractivity contribution in [3.8, 4) is 6.07 Å². The van der Waals surface area contributed by atoms with E-state index in [1.165, 1.54) is 0 Å². The summed E-state index contributed by atoms with van der Waals surface area (Å²) in [6, 6.07) is 3.72. The van der Waals surface area contributed by atoms with Crippen molar-refractivity contribution in [1.29, 1.82) is 5.26 Å². The SMILES string of the molecule is CCOC(=O)Cc1c(C#N)ccc(C(F)(F)F)c1CBr. The van der Waals surface area contributed by atoms with Gasteiger partial charge in [0.1, 0.15) is 0 Å². The Morgan fingerprint density at radius 1 is 1.40 bits per heavy atom. The molecule has 0 spiro atoms. The molecule has 0 aliphatic heterocycles. The lowest BCUT2D eigenvalue weighted by Crippen LogP contribution is -2.15. The van der Waals surface area contributed by atoms with E-state index in [1.807, 2.05) is 0 Å². The molecule has 0 N–H and O–H groups in total. The van der Waals surface area contributed by atoms with E-state index in [0.29, 0.717) is 0 Å². The van der Waals surface area contributed by atoms with Gasteiger partial charge < -0.3 is 4.74 Å². The molecule has 0 amide bonds. The molecule has 0 radical (unpaired) electrons. The van der Waals surface area contributed by atoms with Gasteiger partial charge in [-0.05, 0) is 30.2 Å². The van der Waals surface area contributed by atoms with Crippen molar-refractivity contribution >= 4 is 21.9 Å². The molecule has 0 fully saturated rings. The molecule has 20 heavy (non-hydrogen) atoms. The monoisotopic (exact) mass is 349 g/mol. The maximum absolute atomic E-state index is 12.9. The second kappa shape index (κ2) is 6.75. The minimum Gasteiger partial charge on any atom is -0.466 e. The molecule has 1 rings (SSSR count). The van der Waals surface area contributed by atoms with E-state index in [2.05, 4.69) is 15.9 Å². The van der Waals surface area contributed by atoms with Crippen LogP contribution < -0.4 is 0 Å². The highest BCUT2D eigenvalue weighted by atomic mass is 79.9. The first-order valence-corrected chi connectivity index (χ1v) is 6.80. The first-order valence-electron chi connectivity index (χ1n) is 5.68. The summed E-state index contributed by atoms with van der Waals surface area (Å²) in [5.74, 6) is -0.662. The van der Waals surface area contributed by atoms with E-state index in [0.717, 1.165) is 12.1 Å². The molecule has 0 atom stereocenters. The molecule has 0 heterocycles. The Kier molecular flexibility index (Phi) is 5.57. The third-order valence-corrected chi connectivity index (χ3v) is 3.18. The van der Waals surface area contributed by atoms with E-state index < -0.39 is 17.7 Å². The molecule has 0 saturated carbocycles. The van der Waals surface area contributed by atoms with Crippen LogP contribution >= 0.6 is 15.9 Å². The number of ether oxygens (including phenoxy) is 1. The van der Waals surface area contributed by atoms with Crippen molar-refractivity contribution in [2.24, 2.45) is 0 Å². The van der Waals surface area contributed by atoms with Gasteiger partial charge in [-0.1, -0.05) is 15.9 Å². The van der Waals surface area contributed by atoms with E-state index >= 15 is 0 Å². The van der Waals surface area contributed by atoms with Gasteiger partial charge in [0.25, 0.3) is 0 Å². The molecule has 0 unspecified atom stereocenters. The van der Waals surface area contributed by atoms with Crippen LogP contribution in [0.5, 0.6) is 0 Å². The number of nitriles is 1. The van der Waals surface area contributed by atoms with E-state index in [1.54, 1.807) is 13.0 Å².